The van der Waals surface area contributed by atoms with E-state index in [9.17, 15) is 9.18 Å². The Kier molecular flexibility index (Phi) is 6.75. The predicted molar refractivity (Wildman–Crippen MR) is 76.8 cm³/mol. The van der Waals surface area contributed by atoms with Gasteiger partial charge in [0.2, 0.25) is 0 Å². The lowest BCUT2D eigenvalue weighted by atomic mass is 10.1. The summed E-state index contributed by atoms with van der Waals surface area (Å²) in [6.45, 7) is 2.44. The van der Waals surface area contributed by atoms with Crippen LogP contribution in [0.15, 0.2) is 18.2 Å². The van der Waals surface area contributed by atoms with E-state index in [1.165, 1.54) is 18.2 Å². The minimum Gasteiger partial charge on any atom is -0.384 e. The van der Waals surface area contributed by atoms with E-state index in [2.05, 4.69) is 18.8 Å². The van der Waals surface area contributed by atoms with Crippen LogP contribution in [0.3, 0.4) is 0 Å². The van der Waals surface area contributed by atoms with E-state index in [1.807, 2.05) is 0 Å². The third-order valence-electron chi connectivity index (χ3n) is 2.96. The maximum absolute atomic E-state index is 13.2. The second-order valence-corrected chi connectivity index (χ2v) is 4.58. The third kappa shape index (κ3) is 4.67. The van der Waals surface area contributed by atoms with E-state index in [0.717, 1.165) is 19.3 Å². The number of halogens is 1. The fourth-order valence-corrected chi connectivity index (χ4v) is 1.85. The molecule has 1 aromatic rings. The summed E-state index contributed by atoms with van der Waals surface area (Å²) in [5.41, 5.74) is 0.678. The molecule has 0 unspecified atom stereocenters. The second kappa shape index (κ2) is 8.34. The molecular weight excluding hydrogens is 257 g/mol. The molecule has 1 aromatic carbocycles. The first-order valence-electron chi connectivity index (χ1n) is 6.75. The lowest BCUT2D eigenvalue weighted by Gasteiger charge is -2.17. The number of amides is 1. The van der Waals surface area contributed by atoms with E-state index < -0.39 is 5.82 Å². The number of rotatable bonds is 5. The molecule has 0 fully saturated rings. The number of carbonyl (C=O) groups excluding carboxylic acids is 1. The van der Waals surface area contributed by atoms with E-state index >= 15 is 0 Å². The van der Waals surface area contributed by atoms with Gasteiger partial charge in [-0.25, -0.2) is 4.39 Å². The Morgan fingerprint density at radius 3 is 2.80 bits per heavy atom. The summed E-state index contributed by atoms with van der Waals surface area (Å²) < 4.78 is 13.2. The molecular formula is C16H20FNO2. The smallest absolute Gasteiger partial charge is 0.254 e. The third-order valence-corrected chi connectivity index (χ3v) is 2.96. The molecule has 20 heavy (non-hydrogen) atoms. The molecule has 0 aliphatic heterocycles. The van der Waals surface area contributed by atoms with Crippen LogP contribution < -0.4 is 0 Å². The molecule has 4 heteroatoms. The van der Waals surface area contributed by atoms with Gasteiger partial charge in [-0.1, -0.05) is 31.6 Å². The van der Waals surface area contributed by atoms with Crippen molar-refractivity contribution < 1.29 is 14.3 Å². The van der Waals surface area contributed by atoms with Crippen molar-refractivity contribution >= 4 is 5.91 Å². The predicted octanol–water partition coefficient (Wildman–Crippen LogP) is 2.43. The minimum absolute atomic E-state index is 0.177. The Balaban J connectivity index is 2.91. The molecule has 0 saturated heterocycles. The Morgan fingerprint density at radius 2 is 2.15 bits per heavy atom. The van der Waals surface area contributed by atoms with Gasteiger partial charge in [0.1, 0.15) is 12.4 Å². The van der Waals surface area contributed by atoms with Gasteiger partial charge in [-0.05, 0) is 24.6 Å². The quantitative estimate of drug-likeness (QED) is 0.663. The van der Waals surface area contributed by atoms with Gasteiger partial charge in [-0.3, -0.25) is 4.79 Å². The fraction of sp³-hybridized carbons (Fsp3) is 0.438. The zero-order valence-electron chi connectivity index (χ0n) is 11.9. The van der Waals surface area contributed by atoms with Gasteiger partial charge in [-0.2, -0.15) is 0 Å². The zero-order valence-corrected chi connectivity index (χ0v) is 11.9. The maximum atomic E-state index is 13.2. The summed E-state index contributed by atoms with van der Waals surface area (Å²) in [6.07, 6.45) is 3.10. The van der Waals surface area contributed by atoms with Crippen LogP contribution in [0.25, 0.3) is 0 Å². The molecule has 1 amide bonds. The van der Waals surface area contributed by atoms with Crippen LogP contribution in [-0.2, 0) is 0 Å². The van der Waals surface area contributed by atoms with Crippen LogP contribution in [0.1, 0.15) is 42.1 Å². The van der Waals surface area contributed by atoms with Crippen LogP contribution in [-0.4, -0.2) is 36.1 Å². The second-order valence-electron chi connectivity index (χ2n) is 4.58. The highest BCUT2D eigenvalue weighted by Gasteiger charge is 2.15. The first-order valence-corrected chi connectivity index (χ1v) is 6.75. The van der Waals surface area contributed by atoms with Crippen LogP contribution >= 0.6 is 0 Å². The molecule has 0 aliphatic rings. The van der Waals surface area contributed by atoms with Crippen LogP contribution in [0.2, 0.25) is 0 Å². The van der Waals surface area contributed by atoms with E-state index in [1.54, 1.807) is 11.9 Å². The largest absolute Gasteiger partial charge is 0.384 e. The van der Waals surface area contributed by atoms with Crippen molar-refractivity contribution in [3.8, 4) is 11.8 Å². The van der Waals surface area contributed by atoms with Gasteiger partial charge in [0.25, 0.3) is 5.91 Å². The molecule has 0 spiro atoms. The number of carbonyl (C=O) groups is 1. The Hall–Kier alpha value is -1.86. The van der Waals surface area contributed by atoms with E-state index in [4.69, 9.17) is 5.11 Å². The lowest BCUT2D eigenvalue weighted by molar-refractivity contribution is 0.0792. The molecule has 0 atom stereocenters. The Morgan fingerprint density at radius 1 is 1.40 bits per heavy atom. The van der Waals surface area contributed by atoms with Crippen molar-refractivity contribution in [3.05, 3.63) is 35.1 Å². The van der Waals surface area contributed by atoms with Gasteiger partial charge in [0, 0.05) is 19.2 Å². The highest BCUT2D eigenvalue weighted by molar-refractivity contribution is 5.96. The van der Waals surface area contributed by atoms with Crippen molar-refractivity contribution in [1.82, 2.24) is 4.90 Å². The summed E-state index contributed by atoms with van der Waals surface area (Å²) in [5, 5.41) is 8.72. The average Bonchev–Trinajstić information content (AvgIpc) is 2.44. The number of unbranched alkanes of at least 4 members (excludes halogenated alkanes) is 2. The molecule has 108 valence electrons. The summed E-state index contributed by atoms with van der Waals surface area (Å²) in [7, 11) is 1.73. The number of aliphatic hydroxyl groups excluding tert-OH is 1. The molecule has 0 saturated carbocycles. The highest BCUT2D eigenvalue weighted by Crippen LogP contribution is 2.13. The molecule has 1 rings (SSSR count). The fourth-order valence-electron chi connectivity index (χ4n) is 1.85. The summed E-state index contributed by atoms with van der Waals surface area (Å²) >= 11 is 0. The van der Waals surface area contributed by atoms with Crippen molar-refractivity contribution in [1.29, 1.82) is 0 Å². The first-order chi connectivity index (χ1) is 9.60. The number of hydrogen-bond acceptors (Lipinski definition) is 2. The number of nitrogens with zero attached hydrogens (tertiary/aromatic N) is 1. The SMILES string of the molecule is CCCCCN(C)C(=O)c1ccc(F)cc1C#CCO. The van der Waals surface area contributed by atoms with Gasteiger partial charge in [-0.15, -0.1) is 0 Å². The van der Waals surface area contributed by atoms with Crippen molar-refractivity contribution in [2.75, 3.05) is 20.2 Å². The average molecular weight is 277 g/mol. The zero-order chi connectivity index (χ0) is 15.0. The summed E-state index contributed by atoms with van der Waals surface area (Å²) in [4.78, 5) is 13.9. The van der Waals surface area contributed by atoms with Crippen LogP contribution in [0.4, 0.5) is 4.39 Å². The molecule has 0 aliphatic carbocycles. The molecule has 0 radical (unpaired) electrons. The van der Waals surface area contributed by atoms with Gasteiger partial charge < -0.3 is 10.0 Å². The summed E-state index contributed by atoms with van der Waals surface area (Å²) in [5.74, 6) is 4.44. The van der Waals surface area contributed by atoms with Gasteiger partial charge >= 0.3 is 0 Å². The van der Waals surface area contributed by atoms with E-state index in [0.29, 0.717) is 17.7 Å². The van der Waals surface area contributed by atoms with E-state index in [-0.39, 0.29) is 12.5 Å². The highest BCUT2D eigenvalue weighted by atomic mass is 19.1. The molecule has 1 N–H and O–H groups in total. The number of hydrogen-bond donors (Lipinski definition) is 1. The molecule has 0 aromatic heterocycles. The van der Waals surface area contributed by atoms with Gasteiger partial charge in [0.05, 0.1) is 5.56 Å². The topological polar surface area (TPSA) is 40.5 Å². The van der Waals surface area contributed by atoms with Crippen LogP contribution in [0, 0.1) is 17.7 Å². The number of aliphatic hydroxyl groups is 1. The van der Waals surface area contributed by atoms with Crippen molar-refractivity contribution in [3.63, 3.8) is 0 Å². The Bertz CT molecular complexity index is 517. The molecule has 3 nitrogen and oxygen atoms in total. The standard InChI is InChI=1S/C16H20FNO2/c1-3-4-5-10-18(2)16(20)15-9-8-14(17)12-13(15)7-6-11-19/h8-9,12,19H,3-5,10-11H2,1-2H3. The minimum atomic E-state index is -0.447. The van der Waals surface area contributed by atoms with Crippen LogP contribution in [0.5, 0.6) is 0 Å². The summed E-state index contributed by atoms with van der Waals surface area (Å²) in [6, 6.07) is 3.91. The Labute approximate surface area is 119 Å². The first kappa shape index (κ1) is 16.2. The number of benzene rings is 1. The normalized spacial score (nSPS) is 9.80. The van der Waals surface area contributed by atoms with Gasteiger partial charge in [0.15, 0.2) is 0 Å². The van der Waals surface area contributed by atoms with Crippen molar-refractivity contribution in [2.24, 2.45) is 0 Å². The lowest BCUT2D eigenvalue weighted by Crippen LogP contribution is -2.28. The molecule has 0 bridgehead atoms. The maximum Gasteiger partial charge on any atom is 0.254 e. The molecule has 0 heterocycles. The monoisotopic (exact) mass is 277 g/mol. The van der Waals surface area contributed by atoms with Crippen molar-refractivity contribution in [2.45, 2.75) is 26.2 Å².